The van der Waals surface area contributed by atoms with Crippen LogP contribution in [0.2, 0.25) is 0 Å². The summed E-state index contributed by atoms with van der Waals surface area (Å²) in [5.74, 6) is -0.832. The number of amides is 2. The van der Waals surface area contributed by atoms with Gasteiger partial charge < -0.3 is 4.90 Å². The number of rotatable bonds is 4. The van der Waals surface area contributed by atoms with E-state index in [1.54, 1.807) is 38.2 Å². The molecule has 1 atom stereocenters. The second-order valence-electron chi connectivity index (χ2n) is 6.06. The van der Waals surface area contributed by atoms with Crippen LogP contribution < -0.4 is 10.4 Å². The van der Waals surface area contributed by atoms with E-state index in [0.717, 1.165) is 5.56 Å². The van der Waals surface area contributed by atoms with Gasteiger partial charge in [0.05, 0.1) is 5.69 Å². The van der Waals surface area contributed by atoms with Crippen LogP contribution >= 0.6 is 0 Å². The number of hydrogen-bond donors (Lipinski definition) is 1. The molecule has 0 radical (unpaired) electrons. The highest BCUT2D eigenvalue weighted by Gasteiger charge is 2.31. The van der Waals surface area contributed by atoms with Crippen molar-refractivity contribution in [2.75, 3.05) is 12.1 Å². The van der Waals surface area contributed by atoms with Gasteiger partial charge in [0, 0.05) is 13.6 Å². The number of hydrogen-bond acceptors (Lipinski definition) is 4. The van der Waals surface area contributed by atoms with Gasteiger partial charge in [-0.25, -0.2) is 14.4 Å². The number of nitrogens with zero attached hydrogens (tertiary/aromatic N) is 3. The molecule has 2 amide bonds. The first-order valence-corrected chi connectivity index (χ1v) is 8.19. The highest BCUT2D eigenvalue weighted by atomic mass is 19.1. The number of anilines is 1. The number of hydrazine groups is 1. The predicted molar refractivity (Wildman–Crippen MR) is 96.8 cm³/mol. The van der Waals surface area contributed by atoms with Crippen molar-refractivity contribution in [2.45, 2.75) is 19.5 Å². The molecule has 6 nitrogen and oxygen atoms in total. The van der Waals surface area contributed by atoms with Gasteiger partial charge in [-0.3, -0.25) is 15.0 Å². The van der Waals surface area contributed by atoms with E-state index < -0.39 is 6.04 Å². The normalized spacial score (nSPS) is 16.7. The van der Waals surface area contributed by atoms with E-state index in [-0.39, 0.29) is 23.5 Å². The molecule has 26 heavy (non-hydrogen) atoms. The smallest absolute Gasteiger partial charge is 0.290 e. The molecule has 0 spiro atoms. The molecule has 0 aliphatic carbocycles. The third-order valence-electron chi connectivity index (χ3n) is 4.01. The van der Waals surface area contributed by atoms with Gasteiger partial charge in [-0.05, 0) is 36.8 Å². The maximum absolute atomic E-state index is 13.0. The largest absolute Gasteiger partial charge is 0.335 e. The summed E-state index contributed by atoms with van der Waals surface area (Å²) in [7, 11) is 1.63. The number of carbonyl (C=O) groups is 2. The lowest BCUT2D eigenvalue weighted by atomic mass is 10.2. The average Bonchev–Trinajstić information content (AvgIpc) is 2.65. The van der Waals surface area contributed by atoms with E-state index in [1.807, 2.05) is 18.2 Å². The summed E-state index contributed by atoms with van der Waals surface area (Å²) in [5.41, 5.74) is 4.23. The third-order valence-corrected chi connectivity index (χ3v) is 4.01. The Bertz CT molecular complexity index is 836. The molecule has 1 N–H and O–H groups in total. The van der Waals surface area contributed by atoms with Gasteiger partial charge in [0.2, 0.25) is 5.84 Å². The van der Waals surface area contributed by atoms with E-state index in [4.69, 9.17) is 0 Å². The summed E-state index contributed by atoms with van der Waals surface area (Å²) >= 11 is 0. The monoisotopic (exact) mass is 354 g/mol. The molecule has 1 unspecified atom stereocenters. The maximum Gasteiger partial charge on any atom is 0.290 e. The van der Waals surface area contributed by atoms with E-state index in [9.17, 15) is 14.0 Å². The van der Waals surface area contributed by atoms with Crippen LogP contribution in [-0.2, 0) is 16.1 Å². The molecular formula is C19H19FN4O2. The number of aliphatic imine (C=N–C) groups is 1. The fourth-order valence-corrected chi connectivity index (χ4v) is 2.61. The highest BCUT2D eigenvalue weighted by molar-refractivity contribution is 6.39. The van der Waals surface area contributed by atoms with Gasteiger partial charge >= 0.3 is 0 Å². The predicted octanol–water partition coefficient (Wildman–Crippen LogP) is 2.12. The molecule has 1 aliphatic heterocycles. The molecule has 3 rings (SSSR count). The van der Waals surface area contributed by atoms with Crippen LogP contribution in [-0.4, -0.2) is 35.6 Å². The maximum atomic E-state index is 13.0. The zero-order chi connectivity index (χ0) is 18.7. The lowest BCUT2D eigenvalue weighted by Crippen LogP contribution is -2.58. The third kappa shape index (κ3) is 3.72. The molecule has 0 bridgehead atoms. The van der Waals surface area contributed by atoms with E-state index in [1.165, 1.54) is 22.0 Å². The first kappa shape index (κ1) is 17.6. The summed E-state index contributed by atoms with van der Waals surface area (Å²) in [6, 6.07) is 14.3. The van der Waals surface area contributed by atoms with Crippen LogP contribution in [0.15, 0.2) is 59.6 Å². The number of halogens is 1. The second kappa shape index (κ2) is 7.35. The Labute approximate surface area is 150 Å². The van der Waals surface area contributed by atoms with Gasteiger partial charge in [0.15, 0.2) is 0 Å². The molecule has 1 heterocycles. The van der Waals surface area contributed by atoms with Crippen LogP contribution in [0.4, 0.5) is 10.1 Å². The minimum Gasteiger partial charge on any atom is -0.335 e. The number of para-hydroxylation sites is 1. The number of nitrogens with one attached hydrogen (secondary N) is 1. The molecule has 2 aromatic rings. The van der Waals surface area contributed by atoms with Crippen LogP contribution in [0.1, 0.15) is 12.5 Å². The quantitative estimate of drug-likeness (QED) is 0.915. The Morgan fingerprint density at radius 2 is 1.85 bits per heavy atom. The average molecular weight is 354 g/mol. The Morgan fingerprint density at radius 3 is 2.50 bits per heavy atom. The zero-order valence-corrected chi connectivity index (χ0v) is 14.5. The molecule has 0 aromatic heterocycles. The second-order valence-corrected chi connectivity index (χ2v) is 6.06. The number of amidine groups is 1. The minimum atomic E-state index is -0.672. The molecular weight excluding hydrogens is 335 g/mol. The zero-order valence-electron chi connectivity index (χ0n) is 14.5. The summed E-state index contributed by atoms with van der Waals surface area (Å²) in [6.45, 7) is 1.94. The first-order valence-electron chi connectivity index (χ1n) is 8.19. The molecule has 7 heteroatoms. The van der Waals surface area contributed by atoms with E-state index >= 15 is 0 Å². The van der Waals surface area contributed by atoms with Gasteiger partial charge in [-0.1, -0.05) is 30.3 Å². The number of likely N-dealkylation sites (N-methyl/N-ethyl adjacent to an activating group) is 1. The first-order chi connectivity index (χ1) is 12.5. The molecule has 1 aliphatic rings. The van der Waals surface area contributed by atoms with Gasteiger partial charge in [0.25, 0.3) is 11.8 Å². The Hall–Kier alpha value is -3.22. The van der Waals surface area contributed by atoms with Crippen molar-refractivity contribution in [1.82, 2.24) is 10.3 Å². The van der Waals surface area contributed by atoms with Crippen LogP contribution in [0.25, 0.3) is 0 Å². The fraction of sp³-hybridized carbons (Fsp3) is 0.211. The van der Waals surface area contributed by atoms with Gasteiger partial charge in [-0.15, -0.1) is 0 Å². The highest BCUT2D eigenvalue weighted by Crippen LogP contribution is 2.16. The lowest BCUT2D eigenvalue weighted by Gasteiger charge is -2.31. The van der Waals surface area contributed by atoms with Crippen molar-refractivity contribution >= 4 is 23.3 Å². The van der Waals surface area contributed by atoms with E-state index in [2.05, 4.69) is 10.4 Å². The van der Waals surface area contributed by atoms with E-state index in [0.29, 0.717) is 12.2 Å². The number of carbonyl (C=O) groups excluding carboxylic acids is 2. The fourth-order valence-electron chi connectivity index (χ4n) is 2.61. The summed E-state index contributed by atoms with van der Waals surface area (Å²) in [4.78, 5) is 30.7. The van der Waals surface area contributed by atoms with Crippen LogP contribution in [0.5, 0.6) is 0 Å². The van der Waals surface area contributed by atoms with Crippen molar-refractivity contribution in [1.29, 1.82) is 0 Å². The Balaban J connectivity index is 1.76. The van der Waals surface area contributed by atoms with Gasteiger partial charge in [-0.2, -0.15) is 0 Å². The summed E-state index contributed by atoms with van der Waals surface area (Å²) in [6.07, 6.45) is 0. The van der Waals surface area contributed by atoms with Crippen molar-refractivity contribution in [3.05, 3.63) is 66.0 Å². The number of benzene rings is 2. The molecule has 0 saturated carbocycles. The summed E-state index contributed by atoms with van der Waals surface area (Å²) in [5, 5.41) is 1.33. The summed E-state index contributed by atoms with van der Waals surface area (Å²) < 4.78 is 13.0. The van der Waals surface area contributed by atoms with Crippen molar-refractivity contribution in [3.63, 3.8) is 0 Å². The topological polar surface area (TPSA) is 65.0 Å². The standard InChI is InChI=1S/C19H19FN4O2/c1-13-18(25)24(16-6-4-3-5-7-16)22-17(21-13)19(26)23(2)12-14-8-10-15(20)11-9-14/h3-11,13H,12H2,1-2H3,(H,21,22). The SMILES string of the molecule is CC1N=C(C(=O)N(C)Cc2ccc(F)cc2)NN(c2ccccc2)C1=O. The van der Waals surface area contributed by atoms with Crippen molar-refractivity contribution in [2.24, 2.45) is 4.99 Å². The van der Waals surface area contributed by atoms with Crippen molar-refractivity contribution < 1.29 is 14.0 Å². The van der Waals surface area contributed by atoms with Crippen molar-refractivity contribution in [3.8, 4) is 0 Å². The molecule has 2 aromatic carbocycles. The van der Waals surface area contributed by atoms with Crippen LogP contribution in [0, 0.1) is 5.82 Å². The van der Waals surface area contributed by atoms with Crippen LogP contribution in [0.3, 0.4) is 0 Å². The Kier molecular flexibility index (Phi) is 4.97. The van der Waals surface area contributed by atoms with Gasteiger partial charge in [0.1, 0.15) is 11.9 Å². The molecule has 134 valence electrons. The molecule has 0 fully saturated rings. The molecule has 0 saturated heterocycles. The minimum absolute atomic E-state index is 0.0885. The Morgan fingerprint density at radius 1 is 1.19 bits per heavy atom. The lowest BCUT2D eigenvalue weighted by molar-refractivity contribution is -0.124.